The molecule has 3 saturated carbocycles. The quantitative estimate of drug-likeness (QED) is 0.488. The zero-order valence-corrected chi connectivity index (χ0v) is 17.9. The maximum absolute atomic E-state index is 14.0. The summed E-state index contributed by atoms with van der Waals surface area (Å²) < 4.78 is 29.7. The maximum atomic E-state index is 14.0. The Morgan fingerprint density at radius 2 is 1.80 bits per heavy atom. The van der Waals surface area contributed by atoms with Gasteiger partial charge in [-0.15, -0.1) is 0 Å². The molecule has 30 heavy (non-hydrogen) atoms. The first-order valence-electron chi connectivity index (χ1n) is 10.7. The highest BCUT2D eigenvalue weighted by Crippen LogP contribution is 2.62. The van der Waals surface area contributed by atoms with E-state index in [0.29, 0.717) is 11.8 Å². The van der Waals surface area contributed by atoms with Crippen molar-refractivity contribution in [1.82, 2.24) is 0 Å². The van der Waals surface area contributed by atoms with E-state index in [4.69, 9.17) is 19.9 Å². The minimum Gasteiger partial charge on any atom is -0.480 e. The van der Waals surface area contributed by atoms with Crippen LogP contribution >= 0.6 is 0 Å². The van der Waals surface area contributed by atoms with Crippen LogP contribution in [0.4, 0.5) is 9.18 Å². The van der Waals surface area contributed by atoms with E-state index in [0.717, 1.165) is 19.3 Å². The van der Waals surface area contributed by atoms with Gasteiger partial charge in [-0.1, -0.05) is 27.2 Å². The lowest BCUT2D eigenvalue weighted by Crippen LogP contribution is -2.56. The van der Waals surface area contributed by atoms with Crippen LogP contribution in [0.5, 0.6) is 0 Å². The summed E-state index contributed by atoms with van der Waals surface area (Å²) in [5, 5.41) is 9.27. The van der Waals surface area contributed by atoms with E-state index in [1.165, 1.54) is 6.92 Å². The SMILES string of the molecule is CC(C)C1CC[C@@H](C)C[C@H]1OC(=O)O[C@@H](C)OC(=O)[C@H]1[C@@H]2C[C@H](F)[C@@](N)(C(=O)O)[C@@H]21. The topological polar surface area (TPSA) is 125 Å². The molecule has 0 aromatic rings. The second-order valence-corrected chi connectivity index (χ2v) is 9.51. The van der Waals surface area contributed by atoms with E-state index in [9.17, 15) is 23.9 Å². The van der Waals surface area contributed by atoms with Crippen LogP contribution in [-0.2, 0) is 23.8 Å². The third-order valence-corrected chi connectivity index (χ3v) is 7.11. The average molecular weight is 429 g/mol. The van der Waals surface area contributed by atoms with Crippen LogP contribution in [-0.4, -0.2) is 47.3 Å². The van der Waals surface area contributed by atoms with Crippen LogP contribution < -0.4 is 5.73 Å². The van der Waals surface area contributed by atoms with Crippen LogP contribution in [0.2, 0.25) is 0 Å². The number of halogens is 1. The first kappa shape index (κ1) is 22.8. The van der Waals surface area contributed by atoms with Crippen molar-refractivity contribution >= 4 is 18.1 Å². The lowest BCUT2D eigenvalue weighted by Gasteiger charge is -2.36. The van der Waals surface area contributed by atoms with Gasteiger partial charge < -0.3 is 25.1 Å². The molecule has 0 bridgehead atoms. The Labute approximate surface area is 175 Å². The highest BCUT2D eigenvalue weighted by Gasteiger charge is 2.75. The second-order valence-electron chi connectivity index (χ2n) is 9.51. The molecule has 0 heterocycles. The largest absolute Gasteiger partial charge is 0.511 e. The van der Waals surface area contributed by atoms with Crippen LogP contribution in [0.15, 0.2) is 0 Å². The molecule has 3 fully saturated rings. The van der Waals surface area contributed by atoms with Gasteiger partial charge in [-0.25, -0.2) is 9.18 Å². The van der Waals surface area contributed by atoms with Crippen LogP contribution in [0.1, 0.15) is 53.4 Å². The van der Waals surface area contributed by atoms with Gasteiger partial charge >= 0.3 is 18.1 Å². The predicted octanol–water partition coefficient (Wildman–Crippen LogP) is 2.88. The zero-order valence-electron chi connectivity index (χ0n) is 17.9. The molecule has 9 heteroatoms. The number of hydrogen-bond donors (Lipinski definition) is 2. The summed E-state index contributed by atoms with van der Waals surface area (Å²) in [6, 6.07) is 0. The van der Waals surface area contributed by atoms with Gasteiger partial charge in [0, 0.05) is 12.8 Å². The fourth-order valence-electron chi connectivity index (χ4n) is 5.36. The molecule has 3 aliphatic carbocycles. The number of aliphatic carboxylic acids is 1. The Morgan fingerprint density at radius 1 is 1.13 bits per heavy atom. The standard InChI is InChI=1S/C21H32FNO7/c1-9(2)12-6-5-10(3)7-14(12)30-20(27)29-11(4)28-18(24)16-13-8-15(22)21(23,17(13)16)19(25)26/h9-17H,5-8,23H2,1-4H3,(H,25,26)/t10-,11+,12?,13+,14-,15+,16+,17+,21+/m1/s1. The van der Waals surface area contributed by atoms with Crippen molar-refractivity contribution in [2.45, 2.75) is 77.5 Å². The Bertz CT molecular complexity index is 701. The van der Waals surface area contributed by atoms with Gasteiger partial charge in [0.25, 0.3) is 0 Å². The molecule has 0 radical (unpaired) electrons. The van der Waals surface area contributed by atoms with E-state index in [2.05, 4.69) is 20.8 Å². The van der Waals surface area contributed by atoms with Gasteiger partial charge in [0.1, 0.15) is 17.8 Å². The number of carboxylic acids is 1. The Kier molecular flexibility index (Phi) is 6.32. The summed E-state index contributed by atoms with van der Waals surface area (Å²) in [5.74, 6) is -3.22. The zero-order chi connectivity index (χ0) is 22.4. The summed E-state index contributed by atoms with van der Waals surface area (Å²) in [4.78, 5) is 36.0. The molecule has 170 valence electrons. The van der Waals surface area contributed by atoms with E-state index in [1.54, 1.807) is 0 Å². The number of carboxylic acid groups (broad SMARTS) is 1. The Balaban J connectivity index is 1.50. The van der Waals surface area contributed by atoms with Gasteiger partial charge in [0.15, 0.2) is 0 Å². The molecule has 0 aromatic heterocycles. The van der Waals surface area contributed by atoms with Crippen LogP contribution in [0, 0.1) is 35.5 Å². The normalized spacial score (nSPS) is 41.0. The van der Waals surface area contributed by atoms with Crippen molar-refractivity contribution < 1.29 is 38.1 Å². The molecule has 3 rings (SSSR count). The summed E-state index contributed by atoms with van der Waals surface area (Å²) in [6.45, 7) is 7.68. The number of esters is 1. The van der Waals surface area contributed by atoms with Crippen LogP contribution in [0.3, 0.4) is 0 Å². The van der Waals surface area contributed by atoms with Gasteiger partial charge in [-0.2, -0.15) is 0 Å². The smallest absolute Gasteiger partial charge is 0.480 e. The predicted molar refractivity (Wildman–Crippen MR) is 103 cm³/mol. The molecule has 8 nitrogen and oxygen atoms in total. The minimum absolute atomic E-state index is 0.0963. The van der Waals surface area contributed by atoms with Crippen molar-refractivity contribution in [3.05, 3.63) is 0 Å². The average Bonchev–Trinajstić information content (AvgIpc) is 3.27. The van der Waals surface area contributed by atoms with E-state index < -0.39 is 53.8 Å². The Morgan fingerprint density at radius 3 is 2.40 bits per heavy atom. The molecule has 9 atom stereocenters. The van der Waals surface area contributed by atoms with Crippen molar-refractivity contribution in [2.75, 3.05) is 0 Å². The summed E-state index contributed by atoms with van der Waals surface area (Å²) in [5.41, 5.74) is 3.65. The summed E-state index contributed by atoms with van der Waals surface area (Å²) >= 11 is 0. The van der Waals surface area contributed by atoms with Crippen LogP contribution in [0.25, 0.3) is 0 Å². The number of nitrogens with two attached hydrogens (primary N) is 1. The van der Waals surface area contributed by atoms with Crippen molar-refractivity contribution in [2.24, 2.45) is 41.2 Å². The number of carbonyl (C=O) groups excluding carboxylic acids is 2. The lowest BCUT2D eigenvalue weighted by molar-refractivity contribution is -0.173. The number of hydrogen-bond acceptors (Lipinski definition) is 7. The number of fused-ring (bicyclic) bond motifs is 1. The fourth-order valence-corrected chi connectivity index (χ4v) is 5.36. The minimum atomic E-state index is -2.08. The van der Waals surface area contributed by atoms with Gasteiger partial charge in [-0.05, 0) is 42.9 Å². The second kappa shape index (κ2) is 8.32. The summed E-state index contributed by atoms with van der Waals surface area (Å²) in [7, 11) is 0. The number of ether oxygens (including phenoxy) is 3. The van der Waals surface area contributed by atoms with E-state index in [-0.39, 0.29) is 18.4 Å². The number of alkyl halides is 1. The molecule has 0 spiro atoms. The Hall–Kier alpha value is -1.90. The molecule has 1 unspecified atom stereocenters. The maximum Gasteiger partial charge on any atom is 0.511 e. The molecular weight excluding hydrogens is 397 g/mol. The third-order valence-electron chi connectivity index (χ3n) is 7.11. The van der Waals surface area contributed by atoms with Crippen molar-refractivity contribution in [3.8, 4) is 0 Å². The van der Waals surface area contributed by atoms with Crippen molar-refractivity contribution in [3.63, 3.8) is 0 Å². The van der Waals surface area contributed by atoms with E-state index in [1.807, 2.05) is 0 Å². The molecule has 0 aromatic carbocycles. The van der Waals surface area contributed by atoms with Gasteiger partial charge in [0.05, 0.1) is 5.92 Å². The highest BCUT2D eigenvalue weighted by molar-refractivity contribution is 5.86. The fraction of sp³-hybridized carbons (Fsp3) is 0.857. The number of carbonyl (C=O) groups is 3. The van der Waals surface area contributed by atoms with Gasteiger partial charge in [-0.3, -0.25) is 9.59 Å². The number of rotatable bonds is 6. The lowest BCUT2D eigenvalue weighted by atomic mass is 9.75. The molecule has 3 N–H and O–H groups in total. The first-order valence-corrected chi connectivity index (χ1v) is 10.7. The molecule has 0 saturated heterocycles. The van der Waals surface area contributed by atoms with Gasteiger partial charge in [0.2, 0.25) is 6.29 Å². The molecule has 0 amide bonds. The summed E-state index contributed by atoms with van der Waals surface area (Å²) in [6.07, 6.45) is -1.33. The monoisotopic (exact) mass is 429 g/mol. The highest BCUT2D eigenvalue weighted by atomic mass is 19.1. The molecule has 3 aliphatic rings. The van der Waals surface area contributed by atoms with E-state index >= 15 is 0 Å². The first-order chi connectivity index (χ1) is 14.0. The molecule has 0 aliphatic heterocycles. The third kappa shape index (κ3) is 4.13. The van der Waals surface area contributed by atoms with Crippen molar-refractivity contribution in [1.29, 1.82) is 0 Å². The molecular formula is C21H32FNO7.